The van der Waals surface area contributed by atoms with Crippen LogP contribution in [0.1, 0.15) is 52.0 Å². The minimum atomic E-state index is -0.537. The van der Waals surface area contributed by atoms with E-state index in [0.717, 1.165) is 29.9 Å². The maximum absolute atomic E-state index is 12.2. The molecule has 0 heterocycles. The molecule has 1 aliphatic rings. The van der Waals surface area contributed by atoms with Gasteiger partial charge < -0.3 is 25.4 Å². The number of hydrogen-bond acceptors (Lipinski definition) is 4. The lowest BCUT2D eigenvalue weighted by Gasteiger charge is -2.25. The number of guanidine groups is 1. The molecule has 0 aromatic heterocycles. The highest BCUT2D eigenvalue weighted by molar-refractivity contribution is 14.0. The predicted octanol–water partition coefficient (Wildman–Crippen LogP) is 3.46. The third kappa shape index (κ3) is 7.85. The number of aliphatic imine (C=N–C) groups is 1. The molecule has 30 heavy (non-hydrogen) atoms. The van der Waals surface area contributed by atoms with Gasteiger partial charge in [0.05, 0.1) is 18.6 Å². The molecule has 7 nitrogen and oxygen atoms in total. The van der Waals surface area contributed by atoms with Crippen molar-refractivity contribution in [1.29, 1.82) is 0 Å². The van der Waals surface area contributed by atoms with Crippen LogP contribution < -0.4 is 25.4 Å². The van der Waals surface area contributed by atoms with E-state index in [0.29, 0.717) is 25.6 Å². The van der Waals surface area contributed by atoms with Crippen molar-refractivity contribution in [2.45, 2.75) is 59.1 Å². The molecule has 1 fully saturated rings. The third-order valence-corrected chi connectivity index (χ3v) is 5.19. The summed E-state index contributed by atoms with van der Waals surface area (Å²) in [6.07, 6.45) is 4.92. The van der Waals surface area contributed by atoms with Crippen LogP contribution in [0.5, 0.6) is 11.5 Å². The fourth-order valence-corrected chi connectivity index (χ4v) is 3.29. The molecular formula is C22H37IN4O3. The Morgan fingerprint density at radius 1 is 1.20 bits per heavy atom. The first-order valence-corrected chi connectivity index (χ1v) is 10.5. The lowest BCUT2D eigenvalue weighted by molar-refractivity contribution is -0.128. The van der Waals surface area contributed by atoms with Crippen molar-refractivity contribution in [1.82, 2.24) is 16.0 Å². The van der Waals surface area contributed by atoms with Gasteiger partial charge in [-0.1, -0.05) is 0 Å². The highest BCUT2D eigenvalue weighted by Gasteiger charge is 2.27. The Kier molecular flexibility index (Phi) is 11.3. The maximum Gasteiger partial charge on any atom is 0.227 e. The van der Waals surface area contributed by atoms with Crippen LogP contribution in [0.25, 0.3) is 0 Å². The number of ether oxygens (including phenoxy) is 2. The number of carbonyl (C=O) groups excluding carboxylic acids is 1. The molecular weight excluding hydrogens is 495 g/mol. The highest BCUT2D eigenvalue weighted by Crippen LogP contribution is 2.30. The Labute approximate surface area is 197 Å². The van der Waals surface area contributed by atoms with Crippen LogP contribution in [0.4, 0.5) is 0 Å². The molecule has 0 bridgehead atoms. The fourth-order valence-electron chi connectivity index (χ4n) is 3.29. The summed E-state index contributed by atoms with van der Waals surface area (Å²) in [5.41, 5.74) is 0.508. The molecule has 0 radical (unpaired) electrons. The van der Waals surface area contributed by atoms with Crippen LogP contribution in [0.15, 0.2) is 23.2 Å². The van der Waals surface area contributed by atoms with Gasteiger partial charge in [-0.05, 0) is 58.6 Å². The van der Waals surface area contributed by atoms with Gasteiger partial charge in [0, 0.05) is 38.3 Å². The largest absolute Gasteiger partial charge is 0.497 e. The van der Waals surface area contributed by atoms with Crippen molar-refractivity contribution in [3.8, 4) is 11.5 Å². The molecule has 0 saturated heterocycles. The van der Waals surface area contributed by atoms with Gasteiger partial charge in [-0.3, -0.25) is 9.79 Å². The monoisotopic (exact) mass is 532 g/mol. The van der Waals surface area contributed by atoms with E-state index < -0.39 is 5.41 Å². The third-order valence-electron chi connectivity index (χ3n) is 5.19. The number of nitrogens with one attached hydrogen (secondary N) is 3. The molecule has 3 N–H and O–H groups in total. The average Bonchev–Trinajstić information content (AvgIpc) is 3.22. The smallest absolute Gasteiger partial charge is 0.227 e. The molecule has 0 unspecified atom stereocenters. The summed E-state index contributed by atoms with van der Waals surface area (Å²) in [4.78, 5) is 16.5. The summed E-state index contributed by atoms with van der Waals surface area (Å²) in [7, 11) is 3.38. The number of rotatable bonds is 9. The first-order chi connectivity index (χ1) is 13.9. The number of benzene rings is 1. The zero-order valence-electron chi connectivity index (χ0n) is 18.8. The molecule has 1 aromatic rings. The number of hydrogen-bond donors (Lipinski definition) is 3. The Hall–Kier alpha value is -1.71. The van der Waals surface area contributed by atoms with Crippen molar-refractivity contribution in [3.63, 3.8) is 0 Å². The normalized spacial score (nSPS) is 14.6. The van der Waals surface area contributed by atoms with Crippen LogP contribution >= 0.6 is 24.0 Å². The second-order valence-electron chi connectivity index (χ2n) is 8.02. The summed E-state index contributed by atoms with van der Waals surface area (Å²) in [5, 5.41) is 9.44. The molecule has 0 spiro atoms. The summed E-state index contributed by atoms with van der Waals surface area (Å²) >= 11 is 0. The van der Waals surface area contributed by atoms with E-state index in [-0.39, 0.29) is 36.0 Å². The predicted molar refractivity (Wildman–Crippen MR) is 132 cm³/mol. The zero-order chi connectivity index (χ0) is 21.3. The van der Waals surface area contributed by atoms with E-state index in [1.165, 1.54) is 12.8 Å². The Morgan fingerprint density at radius 2 is 1.90 bits per heavy atom. The van der Waals surface area contributed by atoms with Gasteiger partial charge in [-0.2, -0.15) is 0 Å². The van der Waals surface area contributed by atoms with Crippen LogP contribution in [0, 0.1) is 5.41 Å². The summed E-state index contributed by atoms with van der Waals surface area (Å²) in [5.74, 6) is 2.30. The molecule has 2 rings (SSSR count). The number of methoxy groups -OCH3 is 1. The van der Waals surface area contributed by atoms with E-state index >= 15 is 0 Å². The minimum absolute atomic E-state index is 0. The van der Waals surface area contributed by atoms with Gasteiger partial charge in [-0.25, -0.2) is 0 Å². The van der Waals surface area contributed by atoms with E-state index in [2.05, 4.69) is 20.9 Å². The van der Waals surface area contributed by atoms with Gasteiger partial charge in [0.25, 0.3) is 0 Å². The van der Waals surface area contributed by atoms with Gasteiger partial charge in [-0.15, -0.1) is 24.0 Å². The SMILES string of the molecule is CCNC(=O)C(C)(C)CNC(=NC)NCc1ccc(OC)cc1OC1CCCC1.I. The number of amides is 1. The second-order valence-corrected chi connectivity index (χ2v) is 8.02. The van der Waals surface area contributed by atoms with Crippen molar-refractivity contribution >= 4 is 35.8 Å². The van der Waals surface area contributed by atoms with Crippen molar-refractivity contribution in [2.75, 3.05) is 27.2 Å². The summed E-state index contributed by atoms with van der Waals surface area (Å²) < 4.78 is 11.6. The number of halogens is 1. The van der Waals surface area contributed by atoms with Crippen LogP contribution in [-0.4, -0.2) is 45.2 Å². The maximum atomic E-state index is 12.2. The molecule has 0 atom stereocenters. The van der Waals surface area contributed by atoms with E-state index in [1.54, 1.807) is 14.2 Å². The van der Waals surface area contributed by atoms with Gasteiger partial charge in [0.15, 0.2) is 5.96 Å². The van der Waals surface area contributed by atoms with Crippen LogP contribution in [0.3, 0.4) is 0 Å². The van der Waals surface area contributed by atoms with Crippen molar-refractivity contribution < 1.29 is 14.3 Å². The lowest BCUT2D eigenvalue weighted by Crippen LogP contribution is -2.47. The lowest BCUT2D eigenvalue weighted by atomic mass is 9.92. The van der Waals surface area contributed by atoms with Crippen LogP contribution in [0.2, 0.25) is 0 Å². The summed E-state index contributed by atoms with van der Waals surface area (Å²) in [6.45, 7) is 7.41. The van der Waals surface area contributed by atoms with Gasteiger partial charge in [0.2, 0.25) is 5.91 Å². The Bertz CT molecular complexity index is 704. The molecule has 1 amide bonds. The molecule has 8 heteroatoms. The number of carbonyl (C=O) groups is 1. The summed E-state index contributed by atoms with van der Waals surface area (Å²) in [6, 6.07) is 5.90. The first-order valence-electron chi connectivity index (χ1n) is 10.5. The standard InChI is InChI=1S/C22H36N4O3.HI/c1-6-24-20(27)22(2,3)15-26-21(23-4)25-14-16-11-12-18(28-5)13-19(16)29-17-9-7-8-10-17;/h11-13,17H,6-10,14-15H2,1-5H3,(H,24,27)(H2,23,25,26);1H. The topological polar surface area (TPSA) is 84.0 Å². The Balaban J connectivity index is 0.00000450. The highest BCUT2D eigenvalue weighted by atomic mass is 127. The Morgan fingerprint density at radius 3 is 2.50 bits per heavy atom. The quantitative estimate of drug-likeness (QED) is 0.258. The minimum Gasteiger partial charge on any atom is -0.497 e. The fraction of sp³-hybridized carbons (Fsp3) is 0.636. The van der Waals surface area contributed by atoms with E-state index in [1.807, 2.05) is 39.0 Å². The van der Waals surface area contributed by atoms with Crippen LogP contribution in [-0.2, 0) is 11.3 Å². The molecule has 170 valence electrons. The molecule has 1 aromatic carbocycles. The van der Waals surface area contributed by atoms with E-state index in [9.17, 15) is 4.79 Å². The second kappa shape index (κ2) is 12.9. The van der Waals surface area contributed by atoms with Crippen molar-refractivity contribution in [3.05, 3.63) is 23.8 Å². The van der Waals surface area contributed by atoms with Crippen molar-refractivity contribution in [2.24, 2.45) is 10.4 Å². The van der Waals surface area contributed by atoms with Gasteiger partial charge >= 0.3 is 0 Å². The zero-order valence-corrected chi connectivity index (χ0v) is 21.2. The molecule has 0 aliphatic heterocycles. The number of nitrogens with zero attached hydrogens (tertiary/aromatic N) is 1. The average molecular weight is 532 g/mol. The van der Waals surface area contributed by atoms with Gasteiger partial charge in [0.1, 0.15) is 11.5 Å². The van der Waals surface area contributed by atoms with E-state index in [4.69, 9.17) is 9.47 Å². The molecule has 1 saturated carbocycles. The molecule has 1 aliphatic carbocycles. The first kappa shape index (κ1) is 26.3.